The Labute approximate surface area is 121 Å². The standard InChI is InChI=1S/C14H15N3O2S/c1-19-8-12(18)17-13-3-2-11(20-13)9-4-6-15-14-10(9)5-7-16-14/h2-4,6H,5,7-8H2,1H3,(H,15,16)(H,17,18). The van der Waals surface area contributed by atoms with Crippen molar-refractivity contribution in [1.29, 1.82) is 0 Å². The number of fused-ring (bicyclic) bond motifs is 1. The van der Waals surface area contributed by atoms with E-state index in [0.717, 1.165) is 28.7 Å². The Morgan fingerprint density at radius 3 is 3.25 bits per heavy atom. The second-order valence-corrected chi connectivity index (χ2v) is 5.59. The van der Waals surface area contributed by atoms with Gasteiger partial charge in [-0.05, 0) is 24.6 Å². The van der Waals surface area contributed by atoms with E-state index in [1.807, 2.05) is 24.4 Å². The van der Waals surface area contributed by atoms with E-state index in [-0.39, 0.29) is 12.5 Å². The fourth-order valence-corrected chi connectivity index (χ4v) is 3.26. The van der Waals surface area contributed by atoms with Crippen molar-refractivity contribution in [2.75, 3.05) is 30.9 Å². The number of nitrogens with zero attached hydrogens (tertiary/aromatic N) is 1. The molecule has 0 atom stereocenters. The molecule has 2 aromatic rings. The van der Waals surface area contributed by atoms with Gasteiger partial charge in [0, 0.05) is 35.9 Å². The topological polar surface area (TPSA) is 63.2 Å². The number of methoxy groups -OCH3 is 1. The summed E-state index contributed by atoms with van der Waals surface area (Å²) in [6, 6.07) is 5.97. The third-order valence-electron chi connectivity index (χ3n) is 3.13. The summed E-state index contributed by atoms with van der Waals surface area (Å²) < 4.78 is 4.80. The summed E-state index contributed by atoms with van der Waals surface area (Å²) in [5, 5.41) is 6.93. The monoisotopic (exact) mass is 289 g/mol. The molecule has 6 heteroatoms. The number of hydrogen-bond acceptors (Lipinski definition) is 5. The van der Waals surface area contributed by atoms with E-state index < -0.39 is 0 Å². The smallest absolute Gasteiger partial charge is 0.250 e. The number of anilines is 2. The summed E-state index contributed by atoms with van der Waals surface area (Å²) in [5.74, 6) is 0.836. The van der Waals surface area contributed by atoms with E-state index >= 15 is 0 Å². The maximum absolute atomic E-state index is 11.5. The van der Waals surface area contributed by atoms with Crippen LogP contribution in [-0.2, 0) is 16.0 Å². The van der Waals surface area contributed by atoms with Crippen LogP contribution >= 0.6 is 11.3 Å². The molecule has 0 saturated heterocycles. The highest BCUT2D eigenvalue weighted by Gasteiger charge is 2.17. The van der Waals surface area contributed by atoms with Crippen LogP contribution in [0.25, 0.3) is 10.4 Å². The summed E-state index contributed by atoms with van der Waals surface area (Å²) in [5.41, 5.74) is 2.45. The third kappa shape index (κ3) is 2.52. The van der Waals surface area contributed by atoms with Crippen LogP contribution in [0.2, 0.25) is 0 Å². The van der Waals surface area contributed by atoms with Gasteiger partial charge in [0.2, 0.25) is 0 Å². The number of amides is 1. The van der Waals surface area contributed by atoms with Gasteiger partial charge in [0.1, 0.15) is 12.4 Å². The molecule has 0 unspecified atom stereocenters. The van der Waals surface area contributed by atoms with Crippen molar-refractivity contribution in [2.24, 2.45) is 0 Å². The molecule has 1 aliphatic heterocycles. The van der Waals surface area contributed by atoms with E-state index in [9.17, 15) is 4.79 Å². The van der Waals surface area contributed by atoms with Gasteiger partial charge in [0.25, 0.3) is 5.91 Å². The number of nitrogens with one attached hydrogen (secondary N) is 2. The van der Waals surface area contributed by atoms with E-state index in [1.54, 1.807) is 11.3 Å². The highest BCUT2D eigenvalue weighted by atomic mass is 32.1. The minimum absolute atomic E-state index is 0.0712. The molecule has 3 rings (SSSR count). The summed E-state index contributed by atoms with van der Waals surface area (Å²) in [7, 11) is 1.51. The molecule has 104 valence electrons. The Balaban J connectivity index is 1.84. The van der Waals surface area contributed by atoms with Gasteiger partial charge in [-0.15, -0.1) is 11.3 Å². The second kappa shape index (κ2) is 5.60. The van der Waals surface area contributed by atoms with Gasteiger partial charge in [0.05, 0.1) is 5.00 Å². The summed E-state index contributed by atoms with van der Waals surface area (Å²) in [6.07, 6.45) is 2.80. The normalized spacial score (nSPS) is 12.8. The lowest BCUT2D eigenvalue weighted by atomic mass is 10.1. The molecule has 0 saturated carbocycles. The molecular weight excluding hydrogens is 274 g/mol. The summed E-state index contributed by atoms with van der Waals surface area (Å²) in [6.45, 7) is 1.00. The van der Waals surface area contributed by atoms with Crippen molar-refractivity contribution < 1.29 is 9.53 Å². The van der Waals surface area contributed by atoms with Crippen molar-refractivity contribution in [3.63, 3.8) is 0 Å². The van der Waals surface area contributed by atoms with Crippen molar-refractivity contribution in [2.45, 2.75) is 6.42 Å². The Hall–Kier alpha value is -1.92. The highest BCUT2D eigenvalue weighted by molar-refractivity contribution is 7.19. The van der Waals surface area contributed by atoms with Gasteiger partial charge in [-0.3, -0.25) is 4.79 Å². The van der Waals surface area contributed by atoms with Crippen molar-refractivity contribution in [3.05, 3.63) is 30.0 Å². The fourth-order valence-electron chi connectivity index (χ4n) is 2.29. The van der Waals surface area contributed by atoms with Crippen molar-refractivity contribution in [1.82, 2.24) is 4.98 Å². The molecule has 1 aliphatic rings. The van der Waals surface area contributed by atoms with Gasteiger partial charge >= 0.3 is 0 Å². The molecule has 0 spiro atoms. The van der Waals surface area contributed by atoms with Crippen molar-refractivity contribution >= 4 is 28.1 Å². The minimum atomic E-state index is -0.137. The molecule has 20 heavy (non-hydrogen) atoms. The maximum atomic E-state index is 11.5. The molecule has 0 aromatic carbocycles. The predicted molar refractivity (Wildman–Crippen MR) is 80.2 cm³/mol. The zero-order valence-electron chi connectivity index (χ0n) is 11.1. The molecule has 2 aromatic heterocycles. The molecule has 0 aliphatic carbocycles. The van der Waals surface area contributed by atoms with E-state index in [1.165, 1.54) is 18.2 Å². The molecule has 1 amide bonds. The van der Waals surface area contributed by atoms with Gasteiger partial charge in [-0.2, -0.15) is 0 Å². The van der Waals surface area contributed by atoms with Crippen LogP contribution in [0.4, 0.5) is 10.8 Å². The molecule has 0 fully saturated rings. The van der Waals surface area contributed by atoms with Gasteiger partial charge in [-0.1, -0.05) is 0 Å². The summed E-state index contributed by atoms with van der Waals surface area (Å²) >= 11 is 1.56. The Kier molecular flexibility index (Phi) is 3.66. The van der Waals surface area contributed by atoms with Crippen LogP contribution in [0, 0.1) is 0 Å². The van der Waals surface area contributed by atoms with E-state index in [0.29, 0.717) is 0 Å². The van der Waals surface area contributed by atoms with E-state index in [2.05, 4.69) is 15.6 Å². The van der Waals surface area contributed by atoms with Gasteiger partial charge in [0.15, 0.2) is 0 Å². The Morgan fingerprint density at radius 1 is 1.50 bits per heavy atom. The first-order valence-corrected chi connectivity index (χ1v) is 7.20. The van der Waals surface area contributed by atoms with Gasteiger partial charge < -0.3 is 15.4 Å². The largest absolute Gasteiger partial charge is 0.375 e. The molecular formula is C14H15N3O2S. The lowest BCUT2D eigenvalue weighted by molar-refractivity contribution is -0.119. The number of pyridine rings is 1. The van der Waals surface area contributed by atoms with Crippen LogP contribution in [0.15, 0.2) is 24.4 Å². The number of ether oxygens (including phenoxy) is 1. The van der Waals surface area contributed by atoms with Crippen LogP contribution in [0.3, 0.4) is 0 Å². The minimum Gasteiger partial charge on any atom is -0.375 e. The first-order valence-electron chi connectivity index (χ1n) is 6.38. The molecule has 5 nitrogen and oxygen atoms in total. The zero-order valence-corrected chi connectivity index (χ0v) is 11.9. The Morgan fingerprint density at radius 2 is 2.40 bits per heavy atom. The number of carbonyl (C=O) groups is 1. The quantitative estimate of drug-likeness (QED) is 0.907. The predicted octanol–water partition coefficient (Wildman–Crippen LogP) is 2.36. The maximum Gasteiger partial charge on any atom is 0.250 e. The molecule has 3 heterocycles. The molecule has 0 radical (unpaired) electrons. The first kappa shape index (κ1) is 13.1. The number of thiophene rings is 1. The lowest BCUT2D eigenvalue weighted by Crippen LogP contribution is -2.16. The third-order valence-corrected chi connectivity index (χ3v) is 4.17. The zero-order chi connectivity index (χ0) is 13.9. The highest BCUT2D eigenvalue weighted by Crippen LogP contribution is 2.36. The number of aromatic nitrogens is 1. The fraction of sp³-hybridized carbons (Fsp3) is 0.286. The SMILES string of the molecule is COCC(=O)Nc1ccc(-c2ccnc3c2CCN3)s1. The van der Waals surface area contributed by atoms with Crippen LogP contribution < -0.4 is 10.6 Å². The van der Waals surface area contributed by atoms with Crippen LogP contribution in [-0.4, -0.2) is 31.2 Å². The number of rotatable bonds is 4. The first-order chi connectivity index (χ1) is 9.78. The van der Waals surface area contributed by atoms with Gasteiger partial charge in [-0.25, -0.2) is 4.98 Å². The average Bonchev–Trinajstić information content (AvgIpc) is 3.06. The number of hydrogen-bond donors (Lipinski definition) is 2. The van der Waals surface area contributed by atoms with E-state index in [4.69, 9.17) is 4.74 Å². The molecule has 2 N–H and O–H groups in total. The van der Waals surface area contributed by atoms with Crippen molar-refractivity contribution in [3.8, 4) is 10.4 Å². The Bertz CT molecular complexity index is 639. The average molecular weight is 289 g/mol. The van der Waals surface area contributed by atoms with Crippen LogP contribution in [0.1, 0.15) is 5.56 Å². The second-order valence-electron chi connectivity index (χ2n) is 4.51. The lowest BCUT2D eigenvalue weighted by Gasteiger charge is -2.04. The van der Waals surface area contributed by atoms with Crippen LogP contribution in [0.5, 0.6) is 0 Å². The summed E-state index contributed by atoms with van der Waals surface area (Å²) in [4.78, 5) is 17.0. The molecule has 0 bridgehead atoms. The number of carbonyl (C=O) groups excluding carboxylic acids is 1.